The number of nitrogens with one attached hydrogen (secondary N) is 1. The fraction of sp³-hybridized carbons (Fsp3) is 0.217. The summed E-state index contributed by atoms with van der Waals surface area (Å²) in [6.45, 7) is 2.31. The summed E-state index contributed by atoms with van der Waals surface area (Å²) in [5.41, 5.74) is 3.53. The number of nitrogens with zero attached hydrogens (tertiary/aromatic N) is 1. The molecule has 1 aliphatic rings. The summed E-state index contributed by atoms with van der Waals surface area (Å²) in [6, 6.07) is 12.2. The molecule has 29 heavy (non-hydrogen) atoms. The average Bonchev–Trinajstić information content (AvgIpc) is 3.43. The molecule has 1 aromatic carbocycles. The molecule has 0 saturated carbocycles. The predicted molar refractivity (Wildman–Crippen MR) is 126 cm³/mol. The summed E-state index contributed by atoms with van der Waals surface area (Å²) in [5, 5.41) is 7.11. The van der Waals surface area contributed by atoms with Gasteiger partial charge in [0.05, 0.1) is 10.2 Å². The second-order valence-electron chi connectivity index (χ2n) is 7.38. The molecule has 1 N–H and O–H groups in total. The van der Waals surface area contributed by atoms with E-state index in [0.29, 0.717) is 5.92 Å². The smallest absolute Gasteiger partial charge is 0.249 e. The lowest BCUT2D eigenvalue weighted by Crippen LogP contribution is -2.09. The zero-order valence-electron chi connectivity index (χ0n) is 16.0. The van der Waals surface area contributed by atoms with Crippen molar-refractivity contribution in [1.29, 1.82) is 0 Å². The highest BCUT2D eigenvalue weighted by molar-refractivity contribution is 7.23. The van der Waals surface area contributed by atoms with Crippen LogP contribution in [-0.2, 0) is 17.6 Å². The molecule has 6 heteroatoms. The molecule has 0 fully saturated rings. The van der Waals surface area contributed by atoms with Gasteiger partial charge in [0.2, 0.25) is 5.91 Å². The van der Waals surface area contributed by atoms with Crippen molar-refractivity contribution in [2.75, 3.05) is 5.32 Å². The van der Waals surface area contributed by atoms with Gasteiger partial charge < -0.3 is 5.32 Å². The summed E-state index contributed by atoms with van der Waals surface area (Å²) in [4.78, 5) is 20.0. The van der Waals surface area contributed by atoms with Gasteiger partial charge in [-0.2, -0.15) is 0 Å². The molecule has 0 radical (unpaired) electrons. The number of fused-ring (bicyclic) bond motifs is 2. The van der Waals surface area contributed by atoms with Crippen LogP contribution in [-0.4, -0.2) is 10.9 Å². The molecule has 1 amide bonds. The van der Waals surface area contributed by atoms with Gasteiger partial charge in [0.25, 0.3) is 0 Å². The molecule has 1 aliphatic carbocycles. The third-order valence-corrected chi connectivity index (χ3v) is 8.26. The van der Waals surface area contributed by atoms with Crippen molar-refractivity contribution in [3.8, 4) is 10.6 Å². The predicted octanol–water partition coefficient (Wildman–Crippen LogP) is 6.86. The van der Waals surface area contributed by atoms with Crippen LogP contribution < -0.4 is 5.32 Å². The number of carbonyl (C=O) groups is 1. The number of carbonyl (C=O) groups excluding carboxylic acids is 1. The number of benzene rings is 1. The van der Waals surface area contributed by atoms with Crippen LogP contribution in [0.5, 0.6) is 0 Å². The van der Waals surface area contributed by atoms with Crippen molar-refractivity contribution >= 4 is 61.2 Å². The highest BCUT2D eigenvalue weighted by Gasteiger charge is 2.27. The van der Waals surface area contributed by atoms with Crippen molar-refractivity contribution in [2.24, 2.45) is 5.92 Å². The summed E-state index contributed by atoms with van der Waals surface area (Å²) in [7, 11) is 0. The Kier molecular flexibility index (Phi) is 5.08. The lowest BCUT2D eigenvalue weighted by molar-refractivity contribution is -0.111. The Balaban J connectivity index is 1.53. The highest BCUT2D eigenvalue weighted by atomic mass is 32.1. The van der Waals surface area contributed by atoms with Crippen LogP contribution in [0.1, 0.15) is 28.7 Å². The molecule has 5 rings (SSSR count). The maximum absolute atomic E-state index is 12.6. The van der Waals surface area contributed by atoms with E-state index in [1.54, 1.807) is 40.1 Å². The fourth-order valence-corrected chi connectivity index (χ4v) is 6.88. The third-order valence-electron chi connectivity index (χ3n) is 5.20. The topological polar surface area (TPSA) is 42.0 Å². The van der Waals surface area contributed by atoms with Crippen LogP contribution in [0.15, 0.2) is 47.9 Å². The Morgan fingerprint density at radius 2 is 2.10 bits per heavy atom. The lowest BCUT2D eigenvalue weighted by Gasteiger charge is -2.18. The van der Waals surface area contributed by atoms with Crippen LogP contribution in [0.3, 0.4) is 0 Å². The van der Waals surface area contributed by atoms with E-state index in [9.17, 15) is 4.79 Å². The Bertz CT molecular complexity index is 1170. The maximum Gasteiger partial charge on any atom is 0.249 e. The van der Waals surface area contributed by atoms with Crippen molar-refractivity contribution in [1.82, 2.24) is 4.98 Å². The molecule has 0 aliphatic heterocycles. The Morgan fingerprint density at radius 3 is 2.93 bits per heavy atom. The first-order valence-electron chi connectivity index (χ1n) is 9.70. The lowest BCUT2D eigenvalue weighted by atomic mass is 9.88. The zero-order chi connectivity index (χ0) is 19.8. The molecule has 146 valence electrons. The van der Waals surface area contributed by atoms with Gasteiger partial charge in [-0.3, -0.25) is 4.79 Å². The van der Waals surface area contributed by atoms with Gasteiger partial charge in [-0.05, 0) is 60.4 Å². The maximum atomic E-state index is 12.6. The molecule has 0 saturated heterocycles. The van der Waals surface area contributed by atoms with Crippen molar-refractivity contribution < 1.29 is 4.79 Å². The van der Waals surface area contributed by atoms with Crippen LogP contribution in [0.2, 0.25) is 0 Å². The van der Waals surface area contributed by atoms with Gasteiger partial charge in [-0.25, -0.2) is 4.98 Å². The number of hydrogen-bond donors (Lipinski definition) is 1. The van der Waals surface area contributed by atoms with Crippen LogP contribution in [0, 0.1) is 5.92 Å². The molecule has 3 aromatic heterocycles. The number of hydrogen-bond acceptors (Lipinski definition) is 5. The highest BCUT2D eigenvalue weighted by Crippen LogP contribution is 2.47. The van der Waals surface area contributed by atoms with E-state index in [0.717, 1.165) is 38.8 Å². The largest absolute Gasteiger partial charge is 0.313 e. The Morgan fingerprint density at radius 1 is 1.21 bits per heavy atom. The molecular weight excluding hydrogens is 416 g/mol. The Labute approximate surface area is 181 Å². The summed E-state index contributed by atoms with van der Waals surface area (Å²) >= 11 is 5.06. The van der Waals surface area contributed by atoms with Crippen molar-refractivity contribution in [3.63, 3.8) is 0 Å². The van der Waals surface area contributed by atoms with Crippen molar-refractivity contribution in [3.05, 3.63) is 63.2 Å². The second kappa shape index (κ2) is 7.86. The summed E-state index contributed by atoms with van der Waals surface area (Å²) < 4.78 is 1.18. The molecule has 4 aromatic rings. The first-order valence-corrected chi connectivity index (χ1v) is 12.2. The average molecular weight is 437 g/mol. The minimum Gasteiger partial charge on any atom is -0.313 e. The minimum atomic E-state index is -0.0904. The molecule has 1 atom stereocenters. The van der Waals surface area contributed by atoms with E-state index in [4.69, 9.17) is 4.98 Å². The van der Waals surface area contributed by atoms with Gasteiger partial charge in [0.15, 0.2) is 0 Å². The quantitative estimate of drug-likeness (QED) is 0.355. The number of thiazole rings is 1. The van der Waals surface area contributed by atoms with E-state index in [2.05, 4.69) is 24.4 Å². The molecular formula is C23H20N2OS3. The number of thiophene rings is 2. The van der Waals surface area contributed by atoms with Gasteiger partial charge in [0.1, 0.15) is 10.0 Å². The van der Waals surface area contributed by atoms with E-state index in [-0.39, 0.29) is 5.91 Å². The standard InChI is InChI=1S/C23H20N2OS3/c1-14-8-10-16-19(13-14)29-23(25-20(26)11-9-15-5-4-12-27-15)21(16)22-24-17-6-2-3-7-18(17)28-22/h2-7,9,11-12,14H,8,10,13H2,1H3,(H,25,26)/b11-9+. The van der Waals surface area contributed by atoms with E-state index in [1.165, 1.54) is 21.6 Å². The first-order chi connectivity index (χ1) is 14.2. The monoisotopic (exact) mass is 436 g/mol. The molecule has 3 nitrogen and oxygen atoms in total. The van der Waals surface area contributed by atoms with Crippen LogP contribution in [0.4, 0.5) is 5.00 Å². The van der Waals surface area contributed by atoms with Gasteiger partial charge in [0, 0.05) is 21.4 Å². The fourth-order valence-electron chi connectivity index (χ4n) is 3.74. The van der Waals surface area contributed by atoms with Crippen LogP contribution >= 0.6 is 34.0 Å². The first kappa shape index (κ1) is 18.7. The summed E-state index contributed by atoms with van der Waals surface area (Å²) in [6.07, 6.45) is 6.81. The minimum absolute atomic E-state index is 0.0904. The van der Waals surface area contributed by atoms with E-state index >= 15 is 0 Å². The van der Waals surface area contributed by atoms with Gasteiger partial charge >= 0.3 is 0 Å². The number of anilines is 1. The van der Waals surface area contributed by atoms with E-state index < -0.39 is 0 Å². The van der Waals surface area contributed by atoms with Gasteiger partial charge in [-0.15, -0.1) is 34.0 Å². The number of amides is 1. The zero-order valence-corrected chi connectivity index (χ0v) is 18.4. The number of para-hydroxylation sites is 1. The molecule has 0 spiro atoms. The molecule has 0 bridgehead atoms. The summed E-state index contributed by atoms with van der Waals surface area (Å²) in [5.74, 6) is 0.596. The number of rotatable bonds is 4. The SMILES string of the molecule is CC1CCc2c(sc(NC(=O)/C=C/c3cccs3)c2-c2nc3ccccc3s2)C1. The Hall–Kier alpha value is -2.28. The van der Waals surface area contributed by atoms with Crippen molar-refractivity contribution in [2.45, 2.75) is 26.2 Å². The van der Waals surface area contributed by atoms with E-state index in [1.807, 2.05) is 35.7 Å². The number of aromatic nitrogens is 1. The third kappa shape index (κ3) is 3.80. The molecule has 3 heterocycles. The second-order valence-corrected chi connectivity index (χ2v) is 10.5. The molecule has 1 unspecified atom stereocenters. The van der Waals surface area contributed by atoms with Crippen LogP contribution in [0.25, 0.3) is 26.9 Å². The normalized spacial score (nSPS) is 16.4. The van der Waals surface area contributed by atoms with Gasteiger partial charge in [-0.1, -0.05) is 25.1 Å².